The molecule has 0 amide bonds. The fourth-order valence-corrected chi connectivity index (χ4v) is 3.61. The molecule has 1 aliphatic carbocycles. The average Bonchev–Trinajstić information content (AvgIpc) is 3.06. The Morgan fingerprint density at radius 3 is 2.58 bits per heavy atom. The fraction of sp³-hybridized carbons (Fsp3) is 0.333. The second-order valence-corrected chi connectivity index (χ2v) is 7.02. The predicted octanol–water partition coefficient (Wildman–Crippen LogP) is 4.24. The van der Waals surface area contributed by atoms with Crippen LogP contribution in [0.1, 0.15) is 31.2 Å². The summed E-state index contributed by atoms with van der Waals surface area (Å²) in [6.45, 7) is 0.744. The molecule has 1 saturated carbocycles. The first-order valence-corrected chi connectivity index (χ1v) is 8.83. The number of rotatable bonds is 4. The molecule has 0 saturated heterocycles. The Hall–Kier alpha value is -1.85. The van der Waals surface area contributed by atoms with Gasteiger partial charge in [0.1, 0.15) is 0 Å². The Balaban J connectivity index is 1.67. The molecule has 0 atom stereocenters. The van der Waals surface area contributed by atoms with Crippen molar-refractivity contribution in [1.82, 2.24) is 10.3 Å². The zero-order chi connectivity index (χ0) is 17.0. The Labute approximate surface area is 152 Å². The molecule has 0 unspecified atom stereocenters. The van der Waals surface area contributed by atoms with Crippen LogP contribution < -0.4 is 10.6 Å². The Morgan fingerprint density at radius 1 is 1.21 bits per heavy atom. The number of aromatic nitrogens is 1. The van der Waals surface area contributed by atoms with Crippen molar-refractivity contribution >= 4 is 34.7 Å². The minimum absolute atomic E-state index is 0.0719. The van der Waals surface area contributed by atoms with E-state index in [1.54, 1.807) is 18.3 Å². The van der Waals surface area contributed by atoms with Crippen LogP contribution in [-0.2, 0) is 5.41 Å². The third-order valence-electron chi connectivity index (χ3n) is 4.62. The molecule has 3 rings (SSSR count). The van der Waals surface area contributed by atoms with Crippen LogP contribution in [0.2, 0.25) is 5.02 Å². The van der Waals surface area contributed by atoms with Crippen molar-refractivity contribution in [2.24, 2.45) is 0 Å². The first kappa shape index (κ1) is 17.0. The molecule has 1 heterocycles. The highest BCUT2D eigenvalue weighted by Gasteiger charge is 2.35. The highest BCUT2D eigenvalue weighted by Crippen LogP contribution is 2.41. The number of thiocarbonyl (C=S) groups is 1. The van der Waals surface area contributed by atoms with Gasteiger partial charge in [-0.25, -0.2) is 4.98 Å². The van der Waals surface area contributed by atoms with Crippen LogP contribution in [-0.4, -0.2) is 21.7 Å². The standard InChI is InChI=1S/C18H20ClN3OS/c19-14-7-5-13(6-8-14)18(9-1-2-10-18)12-21-17(24)22-16-15(23)4-3-11-20-16/h3-8,11,23H,1-2,9-10,12H2,(H2,20,21,22,24). The molecular weight excluding hydrogens is 342 g/mol. The second kappa shape index (κ2) is 7.36. The van der Waals surface area contributed by atoms with E-state index >= 15 is 0 Å². The maximum absolute atomic E-state index is 9.77. The lowest BCUT2D eigenvalue weighted by atomic mass is 9.79. The van der Waals surface area contributed by atoms with Crippen molar-refractivity contribution in [3.05, 3.63) is 53.2 Å². The summed E-state index contributed by atoms with van der Waals surface area (Å²) in [5.74, 6) is 0.442. The van der Waals surface area contributed by atoms with E-state index in [1.807, 2.05) is 12.1 Å². The van der Waals surface area contributed by atoms with Gasteiger partial charge in [-0.2, -0.15) is 0 Å². The third-order valence-corrected chi connectivity index (χ3v) is 5.12. The maximum Gasteiger partial charge on any atom is 0.174 e. The summed E-state index contributed by atoms with van der Waals surface area (Å²) in [7, 11) is 0. The van der Waals surface area contributed by atoms with E-state index in [-0.39, 0.29) is 11.2 Å². The number of nitrogens with zero attached hydrogens (tertiary/aromatic N) is 1. The molecule has 4 nitrogen and oxygen atoms in total. The number of aromatic hydroxyl groups is 1. The highest BCUT2D eigenvalue weighted by molar-refractivity contribution is 7.80. The van der Waals surface area contributed by atoms with Crippen LogP contribution >= 0.6 is 23.8 Å². The zero-order valence-corrected chi connectivity index (χ0v) is 14.8. The summed E-state index contributed by atoms with van der Waals surface area (Å²) < 4.78 is 0. The summed E-state index contributed by atoms with van der Waals surface area (Å²) in [4.78, 5) is 4.08. The van der Waals surface area contributed by atoms with Gasteiger partial charge in [0.15, 0.2) is 16.7 Å². The van der Waals surface area contributed by atoms with Crippen LogP contribution in [0.15, 0.2) is 42.6 Å². The van der Waals surface area contributed by atoms with Gasteiger partial charge in [-0.1, -0.05) is 36.6 Å². The molecule has 1 aromatic carbocycles. The van der Waals surface area contributed by atoms with Crippen molar-refractivity contribution < 1.29 is 5.11 Å². The van der Waals surface area contributed by atoms with E-state index < -0.39 is 0 Å². The van der Waals surface area contributed by atoms with Crippen molar-refractivity contribution in [3.63, 3.8) is 0 Å². The van der Waals surface area contributed by atoms with Crippen LogP contribution in [0.25, 0.3) is 0 Å². The normalized spacial score (nSPS) is 15.9. The number of hydrogen-bond acceptors (Lipinski definition) is 3. The topological polar surface area (TPSA) is 57.2 Å². The SMILES string of the molecule is Oc1cccnc1NC(=S)NCC1(c2ccc(Cl)cc2)CCCC1. The quantitative estimate of drug-likeness (QED) is 0.711. The van der Waals surface area contributed by atoms with Crippen molar-refractivity contribution in [3.8, 4) is 5.75 Å². The molecule has 0 aliphatic heterocycles. The van der Waals surface area contributed by atoms with Gasteiger partial charge < -0.3 is 15.7 Å². The number of nitrogens with one attached hydrogen (secondary N) is 2. The van der Waals surface area contributed by atoms with Gasteiger partial charge in [0.25, 0.3) is 0 Å². The lowest BCUT2D eigenvalue weighted by Crippen LogP contribution is -2.40. The van der Waals surface area contributed by atoms with Crippen LogP contribution in [0.4, 0.5) is 5.82 Å². The number of anilines is 1. The van der Waals surface area contributed by atoms with Gasteiger partial charge in [0.05, 0.1) is 0 Å². The molecule has 1 aliphatic rings. The van der Waals surface area contributed by atoms with Gasteiger partial charge in [0, 0.05) is 23.2 Å². The fourth-order valence-electron chi connectivity index (χ4n) is 3.32. The maximum atomic E-state index is 9.77. The largest absolute Gasteiger partial charge is 0.504 e. The first-order chi connectivity index (χ1) is 11.6. The van der Waals surface area contributed by atoms with Crippen LogP contribution in [0.5, 0.6) is 5.75 Å². The predicted molar refractivity (Wildman–Crippen MR) is 102 cm³/mol. The molecule has 126 valence electrons. The molecule has 24 heavy (non-hydrogen) atoms. The Morgan fingerprint density at radius 2 is 1.92 bits per heavy atom. The molecule has 1 fully saturated rings. The monoisotopic (exact) mass is 361 g/mol. The zero-order valence-electron chi connectivity index (χ0n) is 13.3. The molecule has 3 N–H and O–H groups in total. The Kier molecular flexibility index (Phi) is 5.21. The molecule has 6 heteroatoms. The van der Waals surface area contributed by atoms with E-state index in [2.05, 4.69) is 27.8 Å². The van der Waals surface area contributed by atoms with Crippen molar-refractivity contribution in [2.45, 2.75) is 31.1 Å². The minimum atomic E-state index is 0.0719. The van der Waals surface area contributed by atoms with Crippen LogP contribution in [0.3, 0.4) is 0 Å². The third kappa shape index (κ3) is 3.79. The lowest BCUT2D eigenvalue weighted by molar-refractivity contribution is 0.435. The van der Waals surface area contributed by atoms with E-state index in [9.17, 15) is 5.11 Å². The number of benzene rings is 1. The molecular formula is C18H20ClN3OS. The average molecular weight is 362 g/mol. The summed E-state index contributed by atoms with van der Waals surface area (Å²) in [6, 6.07) is 11.3. The van der Waals surface area contributed by atoms with E-state index in [0.29, 0.717) is 10.9 Å². The molecule has 0 spiro atoms. The summed E-state index contributed by atoms with van der Waals surface area (Å²) in [6.07, 6.45) is 6.28. The smallest absolute Gasteiger partial charge is 0.174 e. The molecule has 0 bridgehead atoms. The van der Waals surface area contributed by atoms with Gasteiger partial charge in [-0.15, -0.1) is 0 Å². The Bertz CT molecular complexity index is 714. The van der Waals surface area contributed by atoms with Gasteiger partial charge in [-0.3, -0.25) is 0 Å². The van der Waals surface area contributed by atoms with E-state index in [1.165, 1.54) is 18.4 Å². The number of hydrogen-bond donors (Lipinski definition) is 3. The molecule has 0 radical (unpaired) electrons. The van der Waals surface area contributed by atoms with Gasteiger partial charge in [-0.05, 0) is 54.9 Å². The highest BCUT2D eigenvalue weighted by atomic mass is 35.5. The van der Waals surface area contributed by atoms with Crippen LogP contribution in [0, 0.1) is 0 Å². The van der Waals surface area contributed by atoms with Crippen molar-refractivity contribution in [2.75, 3.05) is 11.9 Å². The lowest BCUT2D eigenvalue weighted by Gasteiger charge is -2.30. The van der Waals surface area contributed by atoms with E-state index in [4.69, 9.17) is 23.8 Å². The van der Waals surface area contributed by atoms with E-state index in [0.717, 1.165) is 24.4 Å². The minimum Gasteiger partial charge on any atom is -0.504 e. The molecule has 1 aromatic heterocycles. The van der Waals surface area contributed by atoms with Gasteiger partial charge in [0.2, 0.25) is 0 Å². The number of pyridine rings is 1. The second-order valence-electron chi connectivity index (χ2n) is 6.17. The molecule has 2 aromatic rings. The summed E-state index contributed by atoms with van der Waals surface area (Å²) >= 11 is 11.4. The summed E-state index contributed by atoms with van der Waals surface area (Å²) in [5, 5.41) is 17.2. The van der Waals surface area contributed by atoms with Gasteiger partial charge >= 0.3 is 0 Å². The number of halogens is 1. The first-order valence-electron chi connectivity index (χ1n) is 8.04. The summed E-state index contributed by atoms with van der Waals surface area (Å²) in [5.41, 5.74) is 1.36. The van der Waals surface area contributed by atoms with Crippen molar-refractivity contribution in [1.29, 1.82) is 0 Å².